The first-order valence-corrected chi connectivity index (χ1v) is 7.40. The molecule has 0 radical (unpaired) electrons. The number of rotatable bonds is 1. The van der Waals surface area contributed by atoms with Crippen molar-refractivity contribution in [2.75, 3.05) is 5.75 Å². The largest absolute Gasteiger partial charge is 0.307 e. The quantitative estimate of drug-likeness (QED) is 0.870. The zero-order valence-electron chi connectivity index (χ0n) is 9.42. The van der Waals surface area contributed by atoms with Gasteiger partial charge in [0.05, 0.1) is 17.0 Å². The Morgan fingerprint density at radius 2 is 2.11 bits per heavy atom. The van der Waals surface area contributed by atoms with E-state index in [0.717, 1.165) is 21.2 Å². The van der Waals surface area contributed by atoms with Crippen molar-refractivity contribution in [3.05, 3.63) is 50.4 Å². The van der Waals surface area contributed by atoms with Gasteiger partial charge in [-0.25, -0.2) is 0 Å². The molecule has 2 atom stereocenters. The number of aromatic amines is 1. The molecule has 2 aromatic rings. The number of nitrogens with one attached hydrogen (secondary N) is 1. The maximum atomic E-state index is 11.5. The van der Waals surface area contributed by atoms with Gasteiger partial charge in [-0.2, -0.15) is 5.26 Å². The maximum Gasteiger partial charge on any atom is 0.305 e. The smallest absolute Gasteiger partial charge is 0.305 e. The van der Waals surface area contributed by atoms with Crippen molar-refractivity contribution in [3.63, 3.8) is 0 Å². The van der Waals surface area contributed by atoms with Crippen molar-refractivity contribution in [2.45, 2.75) is 10.9 Å². The molecule has 0 unspecified atom stereocenters. The third-order valence-corrected chi connectivity index (χ3v) is 5.29. The van der Waals surface area contributed by atoms with Crippen LogP contribution in [0.3, 0.4) is 0 Å². The predicted molar refractivity (Wildman–Crippen MR) is 73.1 cm³/mol. The molecule has 2 heterocycles. The molecule has 1 aliphatic rings. The van der Waals surface area contributed by atoms with Gasteiger partial charge in [-0.05, 0) is 5.56 Å². The second-order valence-corrected chi connectivity index (χ2v) is 6.19. The summed E-state index contributed by atoms with van der Waals surface area (Å²) < 4.78 is 0. The van der Waals surface area contributed by atoms with Crippen LogP contribution in [0.4, 0.5) is 0 Å². The van der Waals surface area contributed by atoms with E-state index >= 15 is 0 Å². The normalized spacial score (nSPS) is 22.2. The predicted octanol–water partition coefficient (Wildman–Crippen LogP) is 2.81. The number of thioether (sulfide) groups is 1. The molecule has 3 rings (SSSR count). The van der Waals surface area contributed by atoms with E-state index in [1.54, 1.807) is 11.8 Å². The second-order valence-electron chi connectivity index (χ2n) is 4.14. The van der Waals surface area contributed by atoms with Crippen molar-refractivity contribution in [1.82, 2.24) is 4.98 Å². The fourth-order valence-corrected chi connectivity index (χ4v) is 4.58. The van der Waals surface area contributed by atoms with Gasteiger partial charge in [0.2, 0.25) is 0 Å². The number of fused-ring (bicyclic) bond motifs is 1. The van der Waals surface area contributed by atoms with Crippen LogP contribution in [0.15, 0.2) is 40.2 Å². The summed E-state index contributed by atoms with van der Waals surface area (Å²) in [6.45, 7) is 0. The van der Waals surface area contributed by atoms with E-state index in [9.17, 15) is 10.1 Å². The minimum Gasteiger partial charge on any atom is -0.307 e. The summed E-state index contributed by atoms with van der Waals surface area (Å²) >= 11 is 2.80. The Hall–Kier alpha value is -1.51. The molecule has 18 heavy (non-hydrogen) atoms. The van der Waals surface area contributed by atoms with Crippen LogP contribution in [0.25, 0.3) is 0 Å². The molecule has 1 aromatic carbocycles. The van der Waals surface area contributed by atoms with Gasteiger partial charge in [-0.3, -0.25) is 4.79 Å². The standard InChI is InChI=1S/C13H10N2OS2/c14-6-9-7-17-12-11(18-13(16)15-12)10(9)8-4-2-1-3-5-8/h1-5,9-10H,7H2,(H,15,16)/t9-,10+/m1/s1. The summed E-state index contributed by atoms with van der Waals surface area (Å²) in [5, 5.41) is 10.2. The van der Waals surface area contributed by atoms with Crippen LogP contribution < -0.4 is 4.87 Å². The number of hydrogen-bond donors (Lipinski definition) is 1. The highest BCUT2D eigenvalue weighted by atomic mass is 32.2. The highest BCUT2D eigenvalue weighted by Gasteiger charge is 2.33. The lowest BCUT2D eigenvalue weighted by Crippen LogP contribution is -2.18. The molecule has 3 nitrogen and oxygen atoms in total. The van der Waals surface area contributed by atoms with E-state index in [0.29, 0.717) is 0 Å². The minimum atomic E-state index is -0.0728. The second kappa shape index (κ2) is 4.63. The molecule has 0 fully saturated rings. The molecule has 0 saturated heterocycles. The lowest BCUT2D eigenvalue weighted by atomic mass is 9.87. The molecule has 1 aliphatic heterocycles. The van der Waals surface area contributed by atoms with Crippen molar-refractivity contribution < 1.29 is 0 Å². The van der Waals surface area contributed by atoms with Crippen LogP contribution >= 0.6 is 23.1 Å². The van der Waals surface area contributed by atoms with Crippen molar-refractivity contribution in [2.24, 2.45) is 5.92 Å². The van der Waals surface area contributed by atoms with Gasteiger partial charge in [0.15, 0.2) is 0 Å². The molecule has 90 valence electrons. The molecule has 5 heteroatoms. The molecule has 1 aromatic heterocycles. The van der Waals surface area contributed by atoms with Gasteiger partial charge in [-0.15, -0.1) is 11.8 Å². The molecule has 1 N–H and O–H groups in total. The van der Waals surface area contributed by atoms with Gasteiger partial charge in [0.1, 0.15) is 0 Å². The fourth-order valence-electron chi connectivity index (χ4n) is 2.25. The number of H-pyrrole nitrogens is 1. The topological polar surface area (TPSA) is 56.6 Å². The van der Waals surface area contributed by atoms with E-state index in [-0.39, 0.29) is 16.7 Å². The van der Waals surface area contributed by atoms with Gasteiger partial charge in [-0.1, -0.05) is 41.7 Å². The number of nitriles is 1. The van der Waals surface area contributed by atoms with Crippen LogP contribution in [0.5, 0.6) is 0 Å². The monoisotopic (exact) mass is 274 g/mol. The van der Waals surface area contributed by atoms with Gasteiger partial charge in [0.25, 0.3) is 0 Å². The summed E-state index contributed by atoms with van der Waals surface area (Å²) in [6.07, 6.45) is 0. The highest BCUT2D eigenvalue weighted by Crippen LogP contribution is 2.44. The van der Waals surface area contributed by atoms with Crippen molar-refractivity contribution in [3.8, 4) is 6.07 Å². The first-order valence-electron chi connectivity index (χ1n) is 5.60. The first kappa shape index (κ1) is 11.6. The van der Waals surface area contributed by atoms with Gasteiger partial charge < -0.3 is 4.98 Å². The van der Waals surface area contributed by atoms with E-state index < -0.39 is 0 Å². The third-order valence-electron chi connectivity index (χ3n) is 3.06. The molecule has 0 aliphatic carbocycles. The summed E-state index contributed by atoms with van der Waals surface area (Å²) in [5.41, 5.74) is 1.11. The molecular formula is C13H10N2OS2. The molecule has 0 spiro atoms. The average Bonchev–Trinajstić information content (AvgIpc) is 2.78. The SMILES string of the molecule is N#C[C@@H]1CSc2[nH]c(=O)sc2[C@H]1c1ccccc1. The number of thiazole rings is 1. The number of benzene rings is 1. The summed E-state index contributed by atoms with van der Waals surface area (Å²) in [5.74, 6) is 0.683. The zero-order chi connectivity index (χ0) is 12.5. The van der Waals surface area contributed by atoms with Crippen LogP contribution in [-0.2, 0) is 0 Å². The van der Waals surface area contributed by atoms with Crippen molar-refractivity contribution in [1.29, 1.82) is 5.26 Å². The summed E-state index contributed by atoms with van der Waals surface area (Å²) in [7, 11) is 0. The van der Waals surface area contributed by atoms with E-state index in [2.05, 4.69) is 11.1 Å². The van der Waals surface area contributed by atoms with Gasteiger partial charge >= 0.3 is 4.87 Å². The Morgan fingerprint density at radius 1 is 1.33 bits per heavy atom. The molecule has 0 bridgehead atoms. The van der Waals surface area contributed by atoms with E-state index in [1.165, 1.54) is 11.3 Å². The maximum absolute atomic E-state index is 11.5. The number of nitrogens with zero attached hydrogens (tertiary/aromatic N) is 1. The Labute approximate surface area is 112 Å². The number of aromatic nitrogens is 1. The van der Waals surface area contributed by atoms with Crippen LogP contribution in [0.1, 0.15) is 16.4 Å². The van der Waals surface area contributed by atoms with E-state index in [1.807, 2.05) is 30.3 Å². The molecule has 0 amide bonds. The minimum absolute atomic E-state index is 0.0244. The zero-order valence-corrected chi connectivity index (χ0v) is 11.1. The molecular weight excluding hydrogens is 264 g/mol. The first-order chi connectivity index (χ1) is 8.79. The fraction of sp³-hybridized carbons (Fsp3) is 0.231. The van der Waals surface area contributed by atoms with Crippen LogP contribution in [-0.4, -0.2) is 10.7 Å². The average molecular weight is 274 g/mol. The summed E-state index contributed by atoms with van der Waals surface area (Å²) in [4.78, 5) is 15.3. The Kier molecular flexibility index (Phi) is 2.98. The Bertz CT molecular complexity index is 654. The Balaban J connectivity index is 2.15. The van der Waals surface area contributed by atoms with Crippen LogP contribution in [0.2, 0.25) is 0 Å². The van der Waals surface area contributed by atoms with Crippen molar-refractivity contribution >= 4 is 23.1 Å². The third kappa shape index (κ3) is 1.88. The van der Waals surface area contributed by atoms with Gasteiger partial charge in [0, 0.05) is 16.5 Å². The number of hydrogen-bond acceptors (Lipinski definition) is 4. The van der Waals surface area contributed by atoms with E-state index in [4.69, 9.17) is 0 Å². The van der Waals surface area contributed by atoms with Crippen LogP contribution in [0, 0.1) is 17.2 Å². The Morgan fingerprint density at radius 3 is 2.83 bits per heavy atom. The highest BCUT2D eigenvalue weighted by molar-refractivity contribution is 7.99. The lowest BCUT2D eigenvalue weighted by molar-refractivity contribution is 0.632. The lowest BCUT2D eigenvalue weighted by Gasteiger charge is -2.26. The molecule has 0 saturated carbocycles. The summed E-state index contributed by atoms with van der Waals surface area (Å²) in [6, 6.07) is 12.3.